The topological polar surface area (TPSA) is 49.5 Å². The minimum absolute atomic E-state index is 0.0449. The van der Waals surface area contributed by atoms with Crippen LogP contribution < -0.4 is 10.6 Å². The number of anilines is 1. The maximum Gasteiger partial charge on any atom is 0.0505 e. The molecule has 18 heavy (non-hydrogen) atoms. The smallest absolute Gasteiger partial charge is 0.0505 e. The molecule has 2 rings (SSSR count). The number of aliphatic hydroxyl groups is 1. The Kier molecular flexibility index (Phi) is 3.93. The second-order valence-electron chi connectivity index (χ2n) is 5.25. The molecule has 1 saturated carbocycles. The zero-order valence-corrected chi connectivity index (χ0v) is 11.4. The molecule has 0 aromatic heterocycles. The van der Waals surface area contributed by atoms with E-state index in [4.69, 9.17) is 5.73 Å². The Morgan fingerprint density at radius 3 is 2.28 bits per heavy atom. The molecule has 0 saturated heterocycles. The highest BCUT2D eigenvalue weighted by Crippen LogP contribution is 2.58. The molecular weight excluding hydrogens is 224 g/mol. The molecule has 3 heteroatoms. The molecule has 1 aliphatic rings. The minimum Gasteiger partial charge on any atom is -0.396 e. The Labute approximate surface area is 110 Å². The summed E-state index contributed by atoms with van der Waals surface area (Å²) in [6.07, 6.45) is 1.02. The fourth-order valence-electron chi connectivity index (χ4n) is 2.79. The van der Waals surface area contributed by atoms with Crippen molar-refractivity contribution in [2.45, 2.75) is 26.2 Å². The summed E-state index contributed by atoms with van der Waals surface area (Å²) in [6.45, 7) is 7.18. The second-order valence-corrected chi connectivity index (χ2v) is 5.25. The van der Waals surface area contributed by atoms with Crippen molar-refractivity contribution >= 4 is 5.69 Å². The third-order valence-electron chi connectivity index (χ3n) is 4.34. The van der Waals surface area contributed by atoms with E-state index in [-0.39, 0.29) is 12.0 Å². The lowest BCUT2D eigenvalue weighted by Crippen LogP contribution is -2.22. The van der Waals surface area contributed by atoms with E-state index >= 15 is 0 Å². The monoisotopic (exact) mass is 248 g/mol. The van der Waals surface area contributed by atoms with Gasteiger partial charge in [0.15, 0.2) is 0 Å². The number of hydrogen-bond acceptors (Lipinski definition) is 3. The van der Waals surface area contributed by atoms with Gasteiger partial charge in [0.05, 0.1) is 6.61 Å². The maximum atomic E-state index is 9.42. The summed E-state index contributed by atoms with van der Waals surface area (Å²) in [6, 6.07) is 8.73. The van der Waals surface area contributed by atoms with Gasteiger partial charge in [0.2, 0.25) is 0 Å². The lowest BCUT2D eigenvalue weighted by atomic mass is 10.00. The molecule has 3 N–H and O–H groups in total. The largest absolute Gasteiger partial charge is 0.396 e. The summed E-state index contributed by atoms with van der Waals surface area (Å²) in [7, 11) is 0. The molecule has 0 bridgehead atoms. The van der Waals surface area contributed by atoms with Crippen LogP contribution in [0.4, 0.5) is 5.69 Å². The van der Waals surface area contributed by atoms with Gasteiger partial charge in [0.25, 0.3) is 0 Å². The van der Waals surface area contributed by atoms with Crippen molar-refractivity contribution in [3.8, 4) is 0 Å². The van der Waals surface area contributed by atoms with Crippen LogP contribution >= 0.6 is 0 Å². The van der Waals surface area contributed by atoms with Gasteiger partial charge in [-0.15, -0.1) is 0 Å². The normalized spacial score (nSPS) is 26.1. The van der Waals surface area contributed by atoms with Crippen molar-refractivity contribution < 1.29 is 5.11 Å². The zero-order valence-electron chi connectivity index (χ0n) is 11.4. The highest BCUT2D eigenvalue weighted by Gasteiger charge is 2.53. The summed E-state index contributed by atoms with van der Waals surface area (Å²) >= 11 is 0. The van der Waals surface area contributed by atoms with Gasteiger partial charge in [0, 0.05) is 30.7 Å². The van der Waals surface area contributed by atoms with E-state index in [0.29, 0.717) is 12.5 Å². The van der Waals surface area contributed by atoms with E-state index in [9.17, 15) is 5.11 Å². The van der Waals surface area contributed by atoms with Gasteiger partial charge in [-0.2, -0.15) is 0 Å². The van der Waals surface area contributed by atoms with Crippen molar-refractivity contribution in [1.29, 1.82) is 0 Å². The standard InChI is InChI=1S/C15H24N2O/c1-3-17(4-2)13-7-5-12(6-8-13)14-9-15(14,10-16)11-18/h5-8,14,18H,3-4,9-11,16H2,1-2H3/t14-,15-/m1/s1. The van der Waals surface area contributed by atoms with Gasteiger partial charge in [-0.05, 0) is 43.9 Å². The highest BCUT2D eigenvalue weighted by molar-refractivity contribution is 5.49. The van der Waals surface area contributed by atoms with Gasteiger partial charge in [0.1, 0.15) is 0 Å². The van der Waals surface area contributed by atoms with Crippen LogP contribution in [0.25, 0.3) is 0 Å². The highest BCUT2D eigenvalue weighted by atomic mass is 16.3. The maximum absolute atomic E-state index is 9.42. The Hall–Kier alpha value is -1.06. The van der Waals surface area contributed by atoms with E-state index in [0.717, 1.165) is 19.5 Å². The molecule has 0 amide bonds. The first-order valence-corrected chi connectivity index (χ1v) is 6.86. The van der Waals surface area contributed by atoms with Gasteiger partial charge in [-0.1, -0.05) is 12.1 Å². The number of benzene rings is 1. The third-order valence-corrected chi connectivity index (χ3v) is 4.34. The van der Waals surface area contributed by atoms with Crippen LogP contribution in [0.2, 0.25) is 0 Å². The third kappa shape index (κ3) is 2.25. The van der Waals surface area contributed by atoms with E-state index in [1.807, 2.05) is 0 Å². The van der Waals surface area contributed by atoms with Crippen LogP contribution in [0.5, 0.6) is 0 Å². The molecule has 0 radical (unpaired) electrons. The molecule has 100 valence electrons. The number of nitrogens with zero attached hydrogens (tertiary/aromatic N) is 1. The van der Waals surface area contributed by atoms with Crippen LogP contribution in [0.3, 0.4) is 0 Å². The SMILES string of the molecule is CCN(CC)c1ccc([C@H]2C[C@@]2(CN)CO)cc1. The van der Waals surface area contributed by atoms with E-state index < -0.39 is 0 Å². The average Bonchev–Trinajstić information content (AvgIpc) is 3.16. The Morgan fingerprint density at radius 2 is 1.89 bits per heavy atom. The van der Waals surface area contributed by atoms with E-state index in [1.54, 1.807) is 0 Å². The van der Waals surface area contributed by atoms with Gasteiger partial charge in [-0.3, -0.25) is 0 Å². The first-order chi connectivity index (χ1) is 8.70. The summed E-state index contributed by atoms with van der Waals surface area (Å²) in [4.78, 5) is 2.33. The second kappa shape index (κ2) is 5.29. The molecule has 1 fully saturated rings. The molecular formula is C15H24N2O. The van der Waals surface area contributed by atoms with Crippen LogP contribution in [-0.2, 0) is 0 Å². The van der Waals surface area contributed by atoms with Crippen LogP contribution in [0.1, 0.15) is 31.7 Å². The number of rotatable bonds is 6. The summed E-state index contributed by atoms with van der Waals surface area (Å²) in [5, 5.41) is 9.42. The quantitative estimate of drug-likeness (QED) is 0.809. The molecule has 1 aromatic carbocycles. The van der Waals surface area contributed by atoms with Crippen molar-refractivity contribution in [2.75, 3.05) is 31.1 Å². The molecule has 0 spiro atoms. The molecule has 1 aromatic rings. The van der Waals surface area contributed by atoms with Crippen molar-refractivity contribution in [1.82, 2.24) is 0 Å². The van der Waals surface area contributed by atoms with Gasteiger partial charge < -0.3 is 15.7 Å². The molecule has 0 heterocycles. The number of nitrogens with two attached hydrogens (primary N) is 1. The summed E-state index contributed by atoms with van der Waals surface area (Å²) < 4.78 is 0. The first kappa shape index (κ1) is 13.4. The Morgan fingerprint density at radius 1 is 1.28 bits per heavy atom. The summed E-state index contributed by atoms with van der Waals surface area (Å²) in [5.41, 5.74) is 8.30. The fraction of sp³-hybridized carbons (Fsp3) is 0.600. The number of aliphatic hydroxyl groups excluding tert-OH is 1. The minimum atomic E-state index is -0.0449. The summed E-state index contributed by atoms with van der Waals surface area (Å²) in [5.74, 6) is 0.443. The zero-order chi connectivity index (χ0) is 13.2. The Balaban J connectivity index is 2.10. The van der Waals surface area contributed by atoms with Crippen LogP contribution in [-0.4, -0.2) is 31.3 Å². The van der Waals surface area contributed by atoms with Crippen molar-refractivity contribution in [3.63, 3.8) is 0 Å². The van der Waals surface area contributed by atoms with Crippen molar-refractivity contribution in [3.05, 3.63) is 29.8 Å². The molecule has 0 unspecified atom stereocenters. The van der Waals surface area contributed by atoms with Crippen LogP contribution in [0.15, 0.2) is 24.3 Å². The Bertz CT molecular complexity index is 380. The predicted molar refractivity (Wildman–Crippen MR) is 75.9 cm³/mol. The fourth-order valence-corrected chi connectivity index (χ4v) is 2.79. The van der Waals surface area contributed by atoms with E-state index in [1.165, 1.54) is 11.3 Å². The van der Waals surface area contributed by atoms with Gasteiger partial charge in [-0.25, -0.2) is 0 Å². The molecule has 2 atom stereocenters. The first-order valence-electron chi connectivity index (χ1n) is 6.86. The van der Waals surface area contributed by atoms with Gasteiger partial charge >= 0.3 is 0 Å². The predicted octanol–water partition coefficient (Wildman–Crippen LogP) is 1.96. The van der Waals surface area contributed by atoms with E-state index in [2.05, 4.69) is 43.0 Å². The van der Waals surface area contributed by atoms with Crippen LogP contribution in [0, 0.1) is 5.41 Å². The molecule has 1 aliphatic carbocycles. The molecule has 0 aliphatic heterocycles. The number of hydrogen-bond donors (Lipinski definition) is 2. The lowest BCUT2D eigenvalue weighted by Gasteiger charge is -2.21. The average molecular weight is 248 g/mol. The molecule has 3 nitrogen and oxygen atoms in total. The van der Waals surface area contributed by atoms with Crippen molar-refractivity contribution in [2.24, 2.45) is 11.1 Å². The lowest BCUT2D eigenvalue weighted by molar-refractivity contribution is 0.211.